The van der Waals surface area contributed by atoms with E-state index in [0.29, 0.717) is 5.92 Å². The SMILES string of the molecule is Cc1ccccc1-c1cc(-c2ccc3cc(C(C)C)ccc3c2)c(C)c(C)n1. The van der Waals surface area contributed by atoms with Gasteiger partial charge >= 0.3 is 0 Å². The van der Waals surface area contributed by atoms with Crippen molar-refractivity contribution in [3.8, 4) is 22.4 Å². The minimum atomic E-state index is 0.547. The Kier molecular flexibility index (Phi) is 4.77. The summed E-state index contributed by atoms with van der Waals surface area (Å²) in [4.78, 5) is 4.88. The maximum atomic E-state index is 4.88. The molecule has 3 aromatic carbocycles. The van der Waals surface area contributed by atoms with Crippen LogP contribution in [0.3, 0.4) is 0 Å². The Morgan fingerprint density at radius 2 is 1.43 bits per heavy atom. The van der Waals surface area contributed by atoms with E-state index < -0.39 is 0 Å². The third-order valence-corrected chi connectivity index (χ3v) is 5.78. The number of hydrogen-bond acceptors (Lipinski definition) is 1. The highest BCUT2D eigenvalue weighted by Crippen LogP contribution is 2.33. The Balaban J connectivity index is 1.86. The molecule has 0 spiro atoms. The molecule has 1 aromatic heterocycles. The minimum Gasteiger partial charge on any atom is -0.253 e. The Hall–Kier alpha value is -2.93. The summed E-state index contributed by atoms with van der Waals surface area (Å²) in [5.41, 5.74) is 9.74. The molecule has 0 atom stereocenters. The highest BCUT2D eigenvalue weighted by atomic mass is 14.7. The Bertz CT molecular complexity index is 1170. The van der Waals surface area contributed by atoms with E-state index in [4.69, 9.17) is 4.98 Å². The van der Waals surface area contributed by atoms with Gasteiger partial charge in [0.05, 0.1) is 5.69 Å². The van der Waals surface area contributed by atoms with Gasteiger partial charge in [0.1, 0.15) is 0 Å². The van der Waals surface area contributed by atoms with Gasteiger partial charge in [-0.3, -0.25) is 4.98 Å². The van der Waals surface area contributed by atoms with Gasteiger partial charge in [-0.2, -0.15) is 0 Å². The zero-order valence-corrected chi connectivity index (χ0v) is 17.4. The number of pyridine rings is 1. The highest BCUT2D eigenvalue weighted by molar-refractivity contribution is 5.89. The van der Waals surface area contributed by atoms with Crippen LogP contribution in [0.2, 0.25) is 0 Å². The van der Waals surface area contributed by atoms with Crippen LogP contribution in [0.4, 0.5) is 0 Å². The lowest BCUT2D eigenvalue weighted by atomic mass is 9.93. The smallest absolute Gasteiger partial charge is 0.0714 e. The number of nitrogens with zero attached hydrogens (tertiary/aromatic N) is 1. The van der Waals surface area contributed by atoms with Crippen molar-refractivity contribution in [1.82, 2.24) is 4.98 Å². The predicted molar refractivity (Wildman–Crippen MR) is 121 cm³/mol. The Labute approximate surface area is 168 Å². The van der Waals surface area contributed by atoms with Crippen LogP contribution in [0.5, 0.6) is 0 Å². The normalized spacial score (nSPS) is 11.4. The van der Waals surface area contributed by atoms with Crippen molar-refractivity contribution in [1.29, 1.82) is 0 Å². The van der Waals surface area contributed by atoms with E-state index in [-0.39, 0.29) is 0 Å². The van der Waals surface area contributed by atoms with E-state index in [0.717, 1.165) is 11.4 Å². The average molecular weight is 366 g/mol. The van der Waals surface area contributed by atoms with E-state index >= 15 is 0 Å². The second-order valence-corrected chi connectivity index (χ2v) is 8.06. The lowest BCUT2D eigenvalue weighted by Gasteiger charge is -2.14. The fourth-order valence-corrected chi connectivity index (χ4v) is 3.83. The van der Waals surface area contributed by atoms with E-state index in [2.05, 4.69) is 101 Å². The number of benzene rings is 3. The van der Waals surface area contributed by atoms with Crippen LogP contribution in [0.1, 0.15) is 42.1 Å². The highest BCUT2D eigenvalue weighted by Gasteiger charge is 2.12. The molecule has 0 aliphatic rings. The van der Waals surface area contributed by atoms with Gasteiger partial charge in [0.25, 0.3) is 0 Å². The lowest BCUT2D eigenvalue weighted by molar-refractivity contribution is 0.869. The summed E-state index contributed by atoms with van der Waals surface area (Å²) in [6.45, 7) is 10.9. The maximum Gasteiger partial charge on any atom is 0.0714 e. The molecule has 0 amide bonds. The van der Waals surface area contributed by atoms with Crippen LogP contribution in [-0.4, -0.2) is 4.98 Å². The Morgan fingerprint density at radius 1 is 0.714 bits per heavy atom. The van der Waals surface area contributed by atoms with Crippen molar-refractivity contribution in [2.24, 2.45) is 0 Å². The van der Waals surface area contributed by atoms with Gasteiger partial charge in [0.15, 0.2) is 0 Å². The molecule has 0 bridgehead atoms. The van der Waals surface area contributed by atoms with Gasteiger partial charge in [-0.1, -0.05) is 68.4 Å². The van der Waals surface area contributed by atoms with Crippen molar-refractivity contribution in [3.63, 3.8) is 0 Å². The molecule has 1 heteroatoms. The van der Waals surface area contributed by atoms with E-state index in [1.807, 2.05) is 0 Å². The first-order valence-corrected chi connectivity index (χ1v) is 10.0. The van der Waals surface area contributed by atoms with Gasteiger partial charge in [0, 0.05) is 11.3 Å². The predicted octanol–water partition coefficient (Wildman–Crippen LogP) is 7.62. The van der Waals surface area contributed by atoms with Crippen LogP contribution in [0, 0.1) is 20.8 Å². The summed E-state index contributed by atoms with van der Waals surface area (Å²) in [6.07, 6.45) is 0. The van der Waals surface area contributed by atoms with Gasteiger partial charge < -0.3 is 0 Å². The fraction of sp³-hybridized carbons (Fsp3) is 0.222. The van der Waals surface area contributed by atoms with Crippen molar-refractivity contribution in [2.45, 2.75) is 40.5 Å². The van der Waals surface area contributed by atoms with Crippen LogP contribution in [-0.2, 0) is 0 Å². The summed E-state index contributed by atoms with van der Waals surface area (Å²) in [5, 5.41) is 2.59. The first-order chi connectivity index (χ1) is 13.4. The molecule has 1 heterocycles. The molecule has 0 N–H and O–H groups in total. The van der Waals surface area contributed by atoms with Crippen LogP contribution in [0.25, 0.3) is 33.2 Å². The molecule has 0 fully saturated rings. The summed E-state index contributed by atoms with van der Waals surface area (Å²) in [7, 11) is 0. The number of rotatable bonds is 3. The molecule has 4 rings (SSSR count). The summed E-state index contributed by atoms with van der Waals surface area (Å²) >= 11 is 0. The molecule has 0 saturated heterocycles. The van der Waals surface area contributed by atoms with Gasteiger partial charge in [-0.15, -0.1) is 0 Å². The molecule has 28 heavy (non-hydrogen) atoms. The number of aryl methyl sites for hydroxylation is 2. The van der Waals surface area contributed by atoms with E-state index in [1.165, 1.54) is 44.2 Å². The largest absolute Gasteiger partial charge is 0.253 e. The molecule has 0 saturated carbocycles. The standard InChI is InChI=1S/C27H27N/c1-17(2)21-10-11-23-15-24(13-12-22(23)14-21)26-16-27(28-20(5)19(26)4)25-9-7-6-8-18(25)3/h6-17H,1-5H3. The van der Waals surface area contributed by atoms with Gasteiger partial charge in [0.2, 0.25) is 0 Å². The monoisotopic (exact) mass is 365 g/mol. The molecule has 0 aliphatic carbocycles. The third kappa shape index (κ3) is 3.33. The molecule has 0 aliphatic heterocycles. The van der Waals surface area contributed by atoms with Gasteiger partial charge in [-0.05, 0) is 77.4 Å². The quantitative estimate of drug-likeness (QED) is 0.364. The van der Waals surface area contributed by atoms with Crippen molar-refractivity contribution < 1.29 is 0 Å². The fourth-order valence-electron chi connectivity index (χ4n) is 3.83. The van der Waals surface area contributed by atoms with Crippen molar-refractivity contribution >= 4 is 10.8 Å². The number of hydrogen-bond donors (Lipinski definition) is 0. The maximum absolute atomic E-state index is 4.88. The zero-order chi connectivity index (χ0) is 19.8. The molecular weight excluding hydrogens is 338 g/mol. The Morgan fingerprint density at radius 3 is 2.18 bits per heavy atom. The molecule has 0 radical (unpaired) electrons. The lowest BCUT2D eigenvalue weighted by Crippen LogP contribution is -1.96. The summed E-state index contributed by atoms with van der Waals surface area (Å²) < 4.78 is 0. The molecule has 4 aromatic rings. The third-order valence-electron chi connectivity index (χ3n) is 5.78. The number of aromatic nitrogens is 1. The van der Waals surface area contributed by atoms with Crippen LogP contribution < -0.4 is 0 Å². The molecule has 140 valence electrons. The van der Waals surface area contributed by atoms with E-state index in [1.54, 1.807) is 0 Å². The molecule has 1 nitrogen and oxygen atoms in total. The van der Waals surface area contributed by atoms with Crippen molar-refractivity contribution in [3.05, 3.63) is 89.1 Å². The minimum absolute atomic E-state index is 0.547. The molecular formula is C27H27N. The summed E-state index contributed by atoms with van der Waals surface area (Å²) in [5.74, 6) is 0.547. The van der Waals surface area contributed by atoms with E-state index in [9.17, 15) is 0 Å². The zero-order valence-electron chi connectivity index (χ0n) is 17.4. The second kappa shape index (κ2) is 7.24. The molecule has 0 unspecified atom stereocenters. The summed E-state index contributed by atoms with van der Waals surface area (Å²) in [6, 6.07) is 24.3. The second-order valence-electron chi connectivity index (χ2n) is 8.06. The first-order valence-electron chi connectivity index (χ1n) is 10.0. The van der Waals surface area contributed by atoms with Crippen LogP contribution in [0.15, 0.2) is 66.7 Å². The average Bonchev–Trinajstić information content (AvgIpc) is 2.69. The topological polar surface area (TPSA) is 12.9 Å². The number of fused-ring (bicyclic) bond motifs is 1. The van der Waals surface area contributed by atoms with Crippen molar-refractivity contribution in [2.75, 3.05) is 0 Å². The van der Waals surface area contributed by atoms with Gasteiger partial charge in [-0.25, -0.2) is 0 Å². The van der Waals surface area contributed by atoms with Crippen LogP contribution >= 0.6 is 0 Å². The first kappa shape index (κ1) is 18.4.